The number of hydrogen-bond donors (Lipinski definition) is 1. The van der Waals surface area contributed by atoms with Gasteiger partial charge >= 0.3 is 0 Å². The van der Waals surface area contributed by atoms with Crippen LogP contribution in [0.15, 0.2) is 24.3 Å². The molecule has 22 heavy (non-hydrogen) atoms. The predicted molar refractivity (Wildman–Crippen MR) is 87.8 cm³/mol. The molecule has 1 atom stereocenters. The quantitative estimate of drug-likeness (QED) is 0.880. The molecule has 0 spiro atoms. The Balaban J connectivity index is 1.86. The Hall–Kier alpha value is -1.50. The maximum absolute atomic E-state index is 9.33. The van der Waals surface area contributed by atoms with Crippen molar-refractivity contribution in [2.24, 2.45) is 7.05 Å². The molecule has 1 fully saturated rings. The van der Waals surface area contributed by atoms with Crippen LogP contribution in [-0.4, -0.2) is 30.9 Å². The van der Waals surface area contributed by atoms with Crippen molar-refractivity contribution < 1.29 is 5.11 Å². The fraction of sp³-hybridized carbons (Fsp3) is 0.500. The van der Waals surface area contributed by atoms with Gasteiger partial charge in [0.15, 0.2) is 10.6 Å². The molecule has 1 aliphatic heterocycles. The molecule has 1 N–H and O–H groups in total. The first kappa shape index (κ1) is 15.4. The van der Waals surface area contributed by atoms with Crippen LogP contribution in [0.5, 0.6) is 0 Å². The van der Waals surface area contributed by atoms with Crippen molar-refractivity contribution >= 4 is 12.2 Å². The van der Waals surface area contributed by atoms with Gasteiger partial charge in [-0.15, -0.1) is 0 Å². The topological polar surface area (TPSA) is 46.2 Å². The van der Waals surface area contributed by atoms with Gasteiger partial charge in [-0.25, -0.2) is 4.68 Å². The lowest BCUT2D eigenvalue weighted by atomic mass is 10.00. The highest BCUT2D eigenvalue weighted by molar-refractivity contribution is 7.71. The van der Waals surface area contributed by atoms with Gasteiger partial charge in [0.25, 0.3) is 0 Å². The minimum atomic E-state index is -0.0889. The number of nitrogens with zero attached hydrogens (tertiary/aromatic N) is 4. The average Bonchev–Trinajstić information content (AvgIpc) is 3.08. The van der Waals surface area contributed by atoms with Gasteiger partial charge in [0.1, 0.15) is 6.61 Å². The van der Waals surface area contributed by atoms with Gasteiger partial charge < -0.3 is 9.67 Å². The van der Waals surface area contributed by atoms with E-state index >= 15 is 0 Å². The lowest BCUT2D eigenvalue weighted by molar-refractivity contribution is 0.188. The van der Waals surface area contributed by atoms with E-state index in [4.69, 9.17) is 12.2 Å². The van der Waals surface area contributed by atoms with E-state index in [0.717, 1.165) is 13.0 Å². The van der Waals surface area contributed by atoms with Gasteiger partial charge in [0.2, 0.25) is 0 Å². The van der Waals surface area contributed by atoms with Gasteiger partial charge in [-0.05, 0) is 43.1 Å². The largest absolute Gasteiger partial charge is 0.388 e. The maximum Gasteiger partial charge on any atom is 0.198 e. The Labute approximate surface area is 135 Å². The molecule has 6 heteroatoms. The monoisotopic (exact) mass is 318 g/mol. The van der Waals surface area contributed by atoms with Crippen LogP contribution in [0.2, 0.25) is 0 Å². The lowest BCUT2D eigenvalue weighted by Gasteiger charge is -2.25. The van der Waals surface area contributed by atoms with Crippen LogP contribution in [-0.2, 0) is 20.3 Å². The van der Waals surface area contributed by atoms with Crippen LogP contribution >= 0.6 is 12.2 Å². The number of likely N-dealkylation sites (tertiary alicyclic amines) is 1. The molecule has 1 saturated heterocycles. The summed E-state index contributed by atoms with van der Waals surface area (Å²) in [6.45, 7) is 3.80. The maximum atomic E-state index is 9.33. The smallest absolute Gasteiger partial charge is 0.198 e. The zero-order valence-corrected chi connectivity index (χ0v) is 13.9. The van der Waals surface area contributed by atoms with Crippen LogP contribution in [0, 0.1) is 11.7 Å². The third-order valence-corrected chi connectivity index (χ3v) is 4.98. The molecule has 1 unspecified atom stereocenters. The Morgan fingerprint density at radius 3 is 2.82 bits per heavy atom. The van der Waals surface area contributed by atoms with Gasteiger partial charge in [0.05, 0.1) is 6.67 Å². The minimum absolute atomic E-state index is 0.0889. The lowest BCUT2D eigenvalue weighted by Crippen LogP contribution is -2.27. The van der Waals surface area contributed by atoms with E-state index < -0.39 is 0 Å². The van der Waals surface area contributed by atoms with E-state index in [0.29, 0.717) is 23.3 Å². The molecule has 2 aromatic rings. The Kier molecular flexibility index (Phi) is 4.42. The first-order valence-corrected chi connectivity index (χ1v) is 8.05. The summed E-state index contributed by atoms with van der Waals surface area (Å²) in [5.74, 6) is 0.608. The fourth-order valence-corrected chi connectivity index (χ4v) is 3.45. The standard InChI is InChI=1S/C16H22N4OS/c1-12-6-3-4-7-13(12)14-8-5-9-19(14)11-20-16(22)18(2)15(10-21)17-20/h3-4,6-7,14,21H,5,8-11H2,1-2H3. The average molecular weight is 318 g/mol. The summed E-state index contributed by atoms with van der Waals surface area (Å²) in [5.41, 5.74) is 2.73. The molecular weight excluding hydrogens is 296 g/mol. The number of benzene rings is 1. The summed E-state index contributed by atoms with van der Waals surface area (Å²) in [6, 6.07) is 9.00. The Morgan fingerprint density at radius 1 is 1.36 bits per heavy atom. The minimum Gasteiger partial charge on any atom is -0.388 e. The SMILES string of the molecule is Cc1ccccc1C1CCCN1Cn1nc(CO)n(C)c1=S. The van der Waals surface area contributed by atoms with Crippen molar-refractivity contribution in [3.63, 3.8) is 0 Å². The Morgan fingerprint density at radius 2 is 2.14 bits per heavy atom. The highest BCUT2D eigenvalue weighted by Crippen LogP contribution is 2.33. The molecule has 0 radical (unpaired) electrons. The van der Waals surface area contributed by atoms with Crippen LogP contribution in [0.1, 0.15) is 35.8 Å². The molecule has 118 valence electrons. The summed E-state index contributed by atoms with van der Waals surface area (Å²) in [6.07, 6.45) is 2.35. The molecule has 0 bridgehead atoms. The Bertz CT molecular complexity index is 721. The molecule has 2 heterocycles. The zero-order chi connectivity index (χ0) is 15.7. The molecular formula is C16H22N4OS. The van der Waals surface area contributed by atoms with Crippen molar-refractivity contribution in [2.75, 3.05) is 6.54 Å². The molecule has 5 nitrogen and oxygen atoms in total. The molecule has 1 aromatic carbocycles. The molecule has 1 aromatic heterocycles. The van der Waals surface area contributed by atoms with Crippen molar-refractivity contribution in [1.29, 1.82) is 0 Å². The van der Waals surface area contributed by atoms with Gasteiger partial charge in [0, 0.05) is 19.6 Å². The first-order valence-electron chi connectivity index (χ1n) is 7.65. The van der Waals surface area contributed by atoms with Crippen molar-refractivity contribution in [3.8, 4) is 0 Å². The van der Waals surface area contributed by atoms with E-state index in [-0.39, 0.29) is 6.61 Å². The molecule has 1 aliphatic rings. The van der Waals surface area contributed by atoms with Crippen molar-refractivity contribution in [1.82, 2.24) is 19.2 Å². The molecule has 3 rings (SSSR count). The number of hydrogen-bond acceptors (Lipinski definition) is 4. The summed E-state index contributed by atoms with van der Waals surface area (Å²) in [5, 5.41) is 13.8. The molecule has 0 amide bonds. The first-order chi connectivity index (χ1) is 10.6. The van der Waals surface area contributed by atoms with E-state index in [1.54, 1.807) is 4.57 Å². The van der Waals surface area contributed by atoms with Gasteiger partial charge in [-0.1, -0.05) is 24.3 Å². The molecule has 0 saturated carbocycles. The highest BCUT2D eigenvalue weighted by atomic mass is 32.1. The van der Waals surface area contributed by atoms with Crippen LogP contribution < -0.4 is 0 Å². The van der Waals surface area contributed by atoms with E-state index in [1.165, 1.54) is 17.5 Å². The van der Waals surface area contributed by atoms with Gasteiger partial charge in [-0.2, -0.15) is 5.10 Å². The second kappa shape index (κ2) is 6.32. The summed E-state index contributed by atoms with van der Waals surface area (Å²) in [7, 11) is 1.85. The number of rotatable bonds is 4. The summed E-state index contributed by atoms with van der Waals surface area (Å²) >= 11 is 5.42. The van der Waals surface area contributed by atoms with Crippen LogP contribution in [0.4, 0.5) is 0 Å². The number of aliphatic hydroxyl groups is 1. The fourth-order valence-electron chi connectivity index (χ4n) is 3.24. The third kappa shape index (κ3) is 2.74. The zero-order valence-electron chi connectivity index (χ0n) is 13.1. The number of aromatic nitrogens is 3. The second-order valence-corrected chi connectivity index (χ2v) is 6.25. The molecule has 0 aliphatic carbocycles. The van der Waals surface area contributed by atoms with Crippen molar-refractivity contribution in [2.45, 2.75) is 39.1 Å². The van der Waals surface area contributed by atoms with Crippen LogP contribution in [0.25, 0.3) is 0 Å². The summed E-state index contributed by atoms with van der Waals surface area (Å²) in [4.78, 5) is 2.42. The third-order valence-electron chi connectivity index (χ3n) is 4.50. The predicted octanol–water partition coefficient (Wildman–Crippen LogP) is 2.55. The highest BCUT2D eigenvalue weighted by Gasteiger charge is 2.27. The van der Waals surface area contributed by atoms with Crippen LogP contribution in [0.3, 0.4) is 0 Å². The van der Waals surface area contributed by atoms with E-state index in [2.05, 4.69) is 41.2 Å². The normalized spacial score (nSPS) is 19.0. The summed E-state index contributed by atoms with van der Waals surface area (Å²) < 4.78 is 4.24. The second-order valence-electron chi connectivity index (χ2n) is 5.88. The van der Waals surface area contributed by atoms with E-state index in [9.17, 15) is 5.11 Å². The van der Waals surface area contributed by atoms with E-state index in [1.807, 2.05) is 11.7 Å². The number of aliphatic hydroxyl groups excluding tert-OH is 1. The van der Waals surface area contributed by atoms with Gasteiger partial charge in [-0.3, -0.25) is 4.90 Å². The van der Waals surface area contributed by atoms with Crippen molar-refractivity contribution in [3.05, 3.63) is 46.0 Å². The number of aryl methyl sites for hydroxylation is 1.